The zero-order chi connectivity index (χ0) is 12.7. The molecule has 0 bridgehead atoms. The molecule has 0 radical (unpaired) electrons. The lowest BCUT2D eigenvalue weighted by Gasteiger charge is -2.47. The second-order valence-electron chi connectivity index (χ2n) is 5.86. The first-order valence-electron chi connectivity index (χ1n) is 7.65. The Hall–Kier alpha value is -0.0800. The third kappa shape index (κ3) is 3.96. The molecule has 0 saturated carbocycles. The Balaban J connectivity index is 2.52. The van der Waals surface area contributed by atoms with E-state index in [-0.39, 0.29) is 5.54 Å². The van der Waals surface area contributed by atoms with Crippen LogP contribution in [0.2, 0.25) is 0 Å². The first-order chi connectivity index (χ1) is 8.15. The lowest BCUT2D eigenvalue weighted by Crippen LogP contribution is -2.59. The molecule has 0 aromatic carbocycles. The minimum atomic E-state index is 0.230. The van der Waals surface area contributed by atoms with Crippen LogP contribution in [0.3, 0.4) is 0 Å². The zero-order valence-corrected chi connectivity index (χ0v) is 12.2. The molecule has 2 N–H and O–H groups in total. The Labute approximate surface area is 108 Å². The summed E-state index contributed by atoms with van der Waals surface area (Å²) in [6.45, 7) is 9.45. The van der Waals surface area contributed by atoms with Crippen molar-refractivity contribution in [2.45, 2.75) is 83.7 Å². The standard InChI is InChI=1S/C15H32N2/c1-4-6-8-11-14(16)15(3,5-2)17-12-9-7-10-13-17/h14H,4-13,16H2,1-3H3. The third-order valence-corrected chi connectivity index (χ3v) is 4.71. The molecule has 1 heterocycles. The van der Waals surface area contributed by atoms with E-state index < -0.39 is 0 Å². The van der Waals surface area contributed by atoms with Gasteiger partial charge in [-0.2, -0.15) is 0 Å². The van der Waals surface area contributed by atoms with E-state index in [4.69, 9.17) is 5.73 Å². The van der Waals surface area contributed by atoms with E-state index in [0.29, 0.717) is 6.04 Å². The molecule has 0 aromatic rings. The summed E-state index contributed by atoms with van der Waals surface area (Å²) in [5.41, 5.74) is 6.72. The molecule has 0 aromatic heterocycles. The van der Waals surface area contributed by atoms with Crippen molar-refractivity contribution in [2.24, 2.45) is 5.73 Å². The summed E-state index contributed by atoms with van der Waals surface area (Å²) in [7, 11) is 0. The van der Waals surface area contributed by atoms with E-state index in [9.17, 15) is 0 Å². The van der Waals surface area contributed by atoms with Gasteiger partial charge in [0.2, 0.25) is 0 Å². The van der Waals surface area contributed by atoms with Crippen LogP contribution in [-0.2, 0) is 0 Å². The van der Waals surface area contributed by atoms with Crippen LogP contribution in [0.1, 0.15) is 72.1 Å². The van der Waals surface area contributed by atoms with E-state index in [0.717, 1.165) is 0 Å². The van der Waals surface area contributed by atoms with Crippen LogP contribution in [0.5, 0.6) is 0 Å². The maximum Gasteiger partial charge on any atom is 0.0329 e. The van der Waals surface area contributed by atoms with Gasteiger partial charge in [0.15, 0.2) is 0 Å². The average molecular weight is 240 g/mol. The molecule has 2 unspecified atom stereocenters. The molecule has 2 atom stereocenters. The maximum absolute atomic E-state index is 6.49. The number of likely N-dealkylation sites (tertiary alicyclic amines) is 1. The summed E-state index contributed by atoms with van der Waals surface area (Å²) in [5.74, 6) is 0. The van der Waals surface area contributed by atoms with Gasteiger partial charge in [0.1, 0.15) is 0 Å². The first-order valence-corrected chi connectivity index (χ1v) is 7.65. The van der Waals surface area contributed by atoms with Gasteiger partial charge in [0.25, 0.3) is 0 Å². The van der Waals surface area contributed by atoms with Gasteiger partial charge in [-0.25, -0.2) is 0 Å². The Morgan fingerprint density at radius 1 is 1.12 bits per heavy atom. The lowest BCUT2D eigenvalue weighted by molar-refractivity contribution is 0.0514. The van der Waals surface area contributed by atoms with Gasteiger partial charge in [0, 0.05) is 11.6 Å². The minimum absolute atomic E-state index is 0.230. The monoisotopic (exact) mass is 240 g/mol. The fourth-order valence-corrected chi connectivity index (χ4v) is 3.05. The third-order valence-electron chi connectivity index (χ3n) is 4.71. The highest BCUT2D eigenvalue weighted by Crippen LogP contribution is 2.28. The minimum Gasteiger partial charge on any atom is -0.326 e. The van der Waals surface area contributed by atoms with Crippen molar-refractivity contribution >= 4 is 0 Å². The van der Waals surface area contributed by atoms with Crippen LogP contribution in [0, 0.1) is 0 Å². The Kier molecular flexibility index (Phi) is 6.50. The highest BCUT2D eigenvalue weighted by Gasteiger charge is 2.36. The highest BCUT2D eigenvalue weighted by molar-refractivity contribution is 4.95. The van der Waals surface area contributed by atoms with E-state index in [1.54, 1.807) is 0 Å². The Bertz CT molecular complexity index is 199. The van der Waals surface area contributed by atoms with Crippen molar-refractivity contribution in [2.75, 3.05) is 13.1 Å². The molecule has 102 valence electrons. The van der Waals surface area contributed by atoms with Crippen molar-refractivity contribution in [3.05, 3.63) is 0 Å². The number of hydrogen-bond donors (Lipinski definition) is 1. The van der Waals surface area contributed by atoms with E-state index in [1.807, 2.05) is 0 Å². The van der Waals surface area contributed by atoms with Crippen LogP contribution in [0.25, 0.3) is 0 Å². The van der Waals surface area contributed by atoms with E-state index in [1.165, 1.54) is 64.5 Å². The van der Waals surface area contributed by atoms with Crippen LogP contribution in [0.4, 0.5) is 0 Å². The summed E-state index contributed by atoms with van der Waals surface area (Å²) >= 11 is 0. The molecule has 1 rings (SSSR count). The van der Waals surface area contributed by atoms with Crippen molar-refractivity contribution in [3.8, 4) is 0 Å². The molecule has 0 amide bonds. The van der Waals surface area contributed by atoms with Crippen molar-refractivity contribution in [1.82, 2.24) is 4.90 Å². The summed E-state index contributed by atoms with van der Waals surface area (Å²) in [6, 6.07) is 0.345. The molecule has 0 aliphatic carbocycles. The molecule has 0 spiro atoms. The quantitative estimate of drug-likeness (QED) is 0.690. The lowest BCUT2D eigenvalue weighted by atomic mass is 9.83. The molecule has 1 saturated heterocycles. The topological polar surface area (TPSA) is 29.3 Å². The summed E-state index contributed by atoms with van der Waals surface area (Å²) in [4.78, 5) is 2.66. The Morgan fingerprint density at radius 3 is 2.29 bits per heavy atom. The summed E-state index contributed by atoms with van der Waals surface area (Å²) in [6.07, 6.45) is 10.4. The van der Waals surface area contributed by atoms with Crippen molar-refractivity contribution in [3.63, 3.8) is 0 Å². The zero-order valence-electron chi connectivity index (χ0n) is 12.2. The van der Waals surface area contributed by atoms with Crippen LogP contribution in [-0.4, -0.2) is 29.6 Å². The molecule has 1 fully saturated rings. The predicted octanol–water partition coefficient (Wildman–Crippen LogP) is 3.55. The van der Waals surface area contributed by atoms with Gasteiger partial charge in [-0.05, 0) is 45.7 Å². The summed E-state index contributed by atoms with van der Waals surface area (Å²) < 4.78 is 0. The fourth-order valence-electron chi connectivity index (χ4n) is 3.05. The molecule has 17 heavy (non-hydrogen) atoms. The fraction of sp³-hybridized carbons (Fsp3) is 1.00. The average Bonchev–Trinajstić information content (AvgIpc) is 2.39. The number of nitrogens with two attached hydrogens (primary N) is 1. The molecular formula is C15H32N2. The second kappa shape index (κ2) is 7.38. The molecule has 2 nitrogen and oxygen atoms in total. The van der Waals surface area contributed by atoms with Crippen LogP contribution < -0.4 is 5.73 Å². The van der Waals surface area contributed by atoms with E-state index in [2.05, 4.69) is 25.7 Å². The first kappa shape index (κ1) is 15.0. The Morgan fingerprint density at radius 2 is 1.76 bits per heavy atom. The van der Waals surface area contributed by atoms with Crippen molar-refractivity contribution in [1.29, 1.82) is 0 Å². The van der Waals surface area contributed by atoms with Gasteiger partial charge < -0.3 is 5.73 Å². The molecule has 2 heteroatoms. The normalized spacial score (nSPS) is 23.3. The molecule has 1 aliphatic rings. The molecule has 1 aliphatic heterocycles. The number of unbranched alkanes of at least 4 members (excludes halogenated alkanes) is 2. The smallest absolute Gasteiger partial charge is 0.0329 e. The largest absolute Gasteiger partial charge is 0.326 e. The van der Waals surface area contributed by atoms with Crippen LogP contribution in [0.15, 0.2) is 0 Å². The van der Waals surface area contributed by atoms with Crippen LogP contribution >= 0.6 is 0 Å². The number of nitrogens with zero attached hydrogens (tertiary/aromatic N) is 1. The number of piperidine rings is 1. The maximum atomic E-state index is 6.49. The SMILES string of the molecule is CCCCCC(N)C(C)(CC)N1CCCCC1. The number of rotatable bonds is 7. The molecular weight excluding hydrogens is 208 g/mol. The van der Waals surface area contributed by atoms with Gasteiger partial charge in [-0.15, -0.1) is 0 Å². The van der Waals surface area contributed by atoms with E-state index >= 15 is 0 Å². The van der Waals surface area contributed by atoms with Crippen molar-refractivity contribution < 1.29 is 0 Å². The predicted molar refractivity (Wildman–Crippen MR) is 76.2 cm³/mol. The number of hydrogen-bond acceptors (Lipinski definition) is 2. The summed E-state index contributed by atoms with van der Waals surface area (Å²) in [5, 5.41) is 0. The van der Waals surface area contributed by atoms with Gasteiger partial charge in [0.05, 0.1) is 0 Å². The second-order valence-corrected chi connectivity index (χ2v) is 5.86. The van der Waals surface area contributed by atoms with Gasteiger partial charge in [-0.1, -0.05) is 39.5 Å². The highest BCUT2D eigenvalue weighted by atomic mass is 15.2. The van der Waals surface area contributed by atoms with Gasteiger partial charge >= 0.3 is 0 Å². The van der Waals surface area contributed by atoms with Gasteiger partial charge in [-0.3, -0.25) is 4.90 Å².